The molecule has 1 aliphatic heterocycles. The Bertz CT molecular complexity index is 558. The van der Waals surface area contributed by atoms with Crippen LogP contribution in [-0.4, -0.2) is 44.8 Å². The molecule has 1 aromatic heterocycles. The molecule has 2 rings (SSSR count). The predicted molar refractivity (Wildman–Crippen MR) is 62.5 cm³/mol. The molecular formula is C10H13FN2O4S. The summed E-state index contributed by atoms with van der Waals surface area (Å²) >= 11 is 4.92. The first-order valence-corrected chi connectivity index (χ1v) is 5.77. The quantitative estimate of drug-likeness (QED) is 0.651. The first kappa shape index (κ1) is 13.3. The number of aliphatic hydroxyl groups excluding tert-OH is 2. The third-order valence-corrected chi connectivity index (χ3v) is 3.21. The number of nitrogens with one attached hydrogen (secondary N) is 1. The summed E-state index contributed by atoms with van der Waals surface area (Å²) in [7, 11) is 0. The minimum atomic E-state index is -1.72. The zero-order chi connectivity index (χ0) is 13.4. The van der Waals surface area contributed by atoms with Crippen LogP contribution in [0.4, 0.5) is 4.39 Å². The van der Waals surface area contributed by atoms with Crippen molar-refractivity contribution in [1.82, 2.24) is 9.55 Å². The van der Waals surface area contributed by atoms with Crippen LogP contribution in [0.1, 0.15) is 11.8 Å². The average Bonchev–Trinajstić information content (AvgIpc) is 2.61. The van der Waals surface area contributed by atoms with Gasteiger partial charge in [0, 0.05) is 11.8 Å². The lowest BCUT2D eigenvalue weighted by atomic mass is 10.1. The standard InChI is InChI=1S/C10H13FN2O4S/c1-4-2-13(10(18)12-8(4)16)9-6(11)7(15)5(3-14)17-9/h2,5-7,9,14-15H,3H2,1H3,(H,12,16,18). The number of halogens is 1. The van der Waals surface area contributed by atoms with Gasteiger partial charge in [-0.2, -0.15) is 0 Å². The summed E-state index contributed by atoms with van der Waals surface area (Å²) in [5.74, 6) is 0. The van der Waals surface area contributed by atoms with Crippen molar-refractivity contribution in [3.63, 3.8) is 0 Å². The molecule has 0 amide bonds. The molecule has 3 N–H and O–H groups in total. The van der Waals surface area contributed by atoms with Crippen molar-refractivity contribution in [1.29, 1.82) is 0 Å². The van der Waals surface area contributed by atoms with E-state index in [4.69, 9.17) is 22.1 Å². The highest BCUT2D eigenvalue weighted by Crippen LogP contribution is 2.31. The van der Waals surface area contributed by atoms with Crippen molar-refractivity contribution in [2.75, 3.05) is 6.61 Å². The number of hydrogen-bond donors (Lipinski definition) is 3. The number of hydrogen-bond acceptors (Lipinski definition) is 5. The van der Waals surface area contributed by atoms with Gasteiger partial charge < -0.3 is 14.9 Å². The molecule has 0 radical (unpaired) electrons. The van der Waals surface area contributed by atoms with Crippen molar-refractivity contribution in [3.05, 3.63) is 26.9 Å². The Labute approximate surface area is 107 Å². The molecule has 4 atom stereocenters. The van der Waals surface area contributed by atoms with Gasteiger partial charge in [-0.25, -0.2) is 4.39 Å². The third kappa shape index (κ3) is 2.12. The molecule has 0 spiro atoms. The van der Waals surface area contributed by atoms with Crippen LogP contribution >= 0.6 is 12.2 Å². The largest absolute Gasteiger partial charge is 0.394 e. The number of nitrogens with zero attached hydrogens (tertiary/aromatic N) is 1. The number of H-pyrrole nitrogens is 1. The summed E-state index contributed by atoms with van der Waals surface area (Å²) in [6.07, 6.45) is -3.93. The molecule has 0 aromatic carbocycles. The number of aromatic nitrogens is 2. The van der Waals surface area contributed by atoms with Gasteiger partial charge >= 0.3 is 0 Å². The van der Waals surface area contributed by atoms with Crippen LogP contribution in [0.2, 0.25) is 0 Å². The fourth-order valence-electron chi connectivity index (χ4n) is 1.85. The number of aromatic amines is 1. The highest BCUT2D eigenvalue weighted by Gasteiger charge is 2.44. The maximum Gasteiger partial charge on any atom is 0.254 e. The van der Waals surface area contributed by atoms with E-state index in [9.17, 15) is 14.3 Å². The van der Waals surface area contributed by atoms with Gasteiger partial charge in [0.25, 0.3) is 5.56 Å². The molecule has 1 saturated heterocycles. The van der Waals surface area contributed by atoms with E-state index in [1.807, 2.05) is 0 Å². The van der Waals surface area contributed by atoms with E-state index in [0.29, 0.717) is 5.56 Å². The lowest BCUT2D eigenvalue weighted by Gasteiger charge is -2.17. The lowest BCUT2D eigenvalue weighted by molar-refractivity contribution is -0.0484. The molecule has 100 valence electrons. The number of aliphatic hydroxyl groups is 2. The number of ether oxygens (including phenoxy) is 1. The van der Waals surface area contributed by atoms with Gasteiger partial charge in [0.05, 0.1) is 6.61 Å². The second kappa shape index (κ2) is 4.88. The van der Waals surface area contributed by atoms with E-state index in [-0.39, 0.29) is 10.3 Å². The van der Waals surface area contributed by atoms with Gasteiger partial charge in [-0.05, 0) is 19.1 Å². The molecule has 0 saturated carbocycles. The first-order chi connectivity index (χ1) is 8.45. The maximum atomic E-state index is 13.9. The van der Waals surface area contributed by atoms with E-state index >= 15 is 0 Å². The van der Waals surface area contributed by atoms with Crippen molar-refractivity contribution in [2.24, 2.45) is 0 Å². The average molecular weight is 276 g/mol. The topological polar surface area (TPSA) is 87.5 Å². The van der Waals surface area contributed by atoms with Gasteiger partial charge in [-0.15, -0.1) is 0 Å². The van der Waals surface area contributed by atoms with Gasteiger partial charge in [0.1, 0.15) is 12.2 Å². The number of rotatable bonds is 2. The molecule has 6 nitrogen and oxygen atoms in total. The third-order valence-electron chi connectivity index (χ3n) is 2.89. The molecule has 0 aliphatic carbocycles. The van der Waals surface area contributed by atoms with Crippen molar-refractivity contribution in [3.8, 4) is 0 Å². The molecule has 2 heterocycles. The summed E-state index contributed by atoms with van der Waals surface area (Å²) in [5, 5.41) is 18.5. The second-order valence-corrected chi connectivity index (χ2v) is 4.55. The minimum absolute atomic E-state index is 0.00374. The predicted octanol–water partition coefficient (Wildman–Crippen LogP) is -0.197. The molecule has 4 unspecified atom stereocenters. The Hall–Kier alpha value is -1.09. The summed E-state index contributed by atoms with van der Waals surface area (Å²) < 4.78 is 20.3. The maximum absolute atomic E-state index is 13.9. The molecule has 18 heavy (non-hydrogen) atoms. The summed E-state index contributed by atoms with van der Waals surface area (Å²) in [4.78, 5) is 13.7. The van der Waals surface area contributed by atoms with Gasteiger partial charge in [0.15, 0.2) is 17.2 Å². The van der Waals surface area contributed by atoms with Gasteiger partial charge in [-0.1, -0.05) is 0 Å². The van der Waals surface area contributed by atoms with E-state index in [1.165, 1.54) is 10.8 Å². The highest BCUT2D eigenvalue weighted by atomic mass is 32.1. The molecule has 1 aromatic rings. The summed E-state index contributed by atoms with van der Waals surface area (Å²) in [5.41, 5.74) is -0.00903. The van der Waals surface area contributed by atoms with Crippen LogP contribution in [0, 0.1) is 11.7 Å². The zero-order valence-electron chi connectivity index (χ0n) is 9.54. The zero-order valence-corrected chi connectivity index (χ0v) is 10.4. The first-order valence-electron chi connectivity index (χ1n) is 5.36. The van der Waals surface area contributed by atoms with Crippen molar-refractivity contribution >= 4 is 12.2 Å². The van der Waals surface area contributed by atoms with Crippen LogP contribution in [0.15, 0.2) is 11.0 Å². The van der Waals surface area contributed by atoms with Crippen LogP contribution in [0.5, 0.6) is 0 Å². The smallest absolute Gasteiger partial charge is 0.254 e. The minimum Gasteiger partial charge on any atom is -0.394 e. The highest BCUT2D eigenvalue weighted by molar-refractivity contribution is 7.71. The second-order valence-electron chi connectivity index (χ2n) is 4.16. The van der Waals surface area contributed by atoms with Crippen molar-refractivity contribution < 1.29 is 19.3 Å². The van der Waals surface area contributed by atoms with Crippen LogP contribution < -0.4 is 5.56 Å². The normalized spacial score (nSPS) is 31.8. The Morgan fingerprint density at radius 3 is 2.89 bits per heavy atom. The molecular weight excluding hydrogens is 263 g/mol. The lowest BCUT2D eigenvalue weighted by Crippen LogP contribution is -2.30. The van der Waals surface area contributed by atoms with Gasteiger partial charge in [0.2, 0.25) is 0 Å². The Morgan fingerprint density at radius 1 is 1.67 bits per heavy atom. The monoisotopic (exact) mass is 276 g/mol. The summed E-state index contributed by atoms with van der Waals surface area (Å²) in [6.45, 7) is 1.06. The van der Waals surface area contributed by atoms with E-state index in [0.717, 1.165) is 0 Å². The van der Waals surface area contributed by atoms with Crippen LogP contribution in [-0.2, 0) is 4.74 Å². The fraction of sp³-hybridized carbons (Fsp3) is 0.600. The fourth-order valence-corrected chi connectivity index (χ4v) is 2.10. The van der Waals surface area contributed by atoms with Crippen LogP contribution in [0.3, 0.4) is 0 Å². The Morgan fingerprint density at radius 2 is 2.33 bits per heavy atom. The SMILES string of the molecule is Cc1cn(C2OC(CO)C(O)C2F)c(=S)[nH]c1=O. The Balaban J connectivity index is 2.42. The van der Waals surface area contributed by atoms with E-state index in [1.54, 1.807) is 6.92 Å². The number of aryl methyl sites for hydroxylation is 1. The van der Waals surface area contributed by atoms with E-state index in [2.05, 4.69) is 4.98 Å². The summed E-state index contributed by atoms with van der Waals surface area (Å²) in [6, 6.07) is 0. The molecule has 1 aliphatic rings. The Kier molecular flexibility index (Phi) is 3.62. The molecule has 0 bridgehead atoms. The van der Waals surface area contributed by atoms with Gasteiger partial charge in [-0.3, -0.25) is 14.3 Å². The van der Waals surface area contributed by atoms with Crippen LogP contribution in [0.25, 0.3) is 0 Å². The van der Waals surface area contributed by atoms with Crippen molar-refractivity contribution in [2.45, 2.75) is 31.5 Å². The molecule has 8 heteroatoms. The van der Waals surface area contributed by atoms with E-state index < -0.39 is 31.2 Å². The number of alkyl halides is 1. The molecule has 1 fully saturated rings.